The van der Waals surface area contributed by atoms with Gasteiger partial charge < -0.3 is 10.2 Å². The van der Waals surface area contributed by atoms with Crippen LogP contribution in [0.2, 0.25) is 0 Å². The average Bonchev–Trinajstić information content (AvgIpc) is 2.29. The molecule has 0 spiro atoms. The van der Waals surface area contributed by atoms with Crippen LogP contribution in [0.1, 0.15) is 36.8 Å². The van der Waals surface area contributed by atoms with Gasteiger partial charge in [0.1, 0.15) is 0 Å². The van der Waals surface area contributed by atoms with Crippen LogP contribution in [0.15, 0.2) is 24.3 Å². The molecule has 2 nitrogen and oxygen atoms in total. The Morgan fingerprint density at radius 3 is 2.65 bits per heavy atom. The van der Waals surface area contributed by atoms with Crippen LogP contribution in [0, 0.1) is 18.8 Å². The molecule has 0 heterocycles. The van der Waals surface area contributed by atoms with Gasteiger partial charge in [-0.15, -0.1) is 0 Å². The number of benzene rings is 1. The molecule has 0 unspecified atom stereocenters. The van der Waals surface area contributed by atoms with E-state index in [9.17, 15) is 10.2 Å². The van der Waals surface area contributed by atoms with Crippen LogP contribution in [-0.2, 0) is 5.60 Å². The highest BCUT2D eigenvalue weighted by molar-refractivity contribution is 5.33. The van der Waals surface area contributed by atoms with E-state index in [2.05, 4.69) is 0 Å². The van der Waals surface area contributed by atoms with Crippen molar-refractivity contribution in [3.05, 3.63) is 35.4 Å². The fourth-order valence-corrected chi connectivity index (χ4v) is 3.93. The molecule has 3 fully saturated rings. The largest absolute Gasteiger partial charge is 0.393 e. The third-order valence-electron chi connectivity index (χ3n) is 4.75. The van der Waals surface area contributed by atoms with Crippen LogP contribution in [0.5, 0.6) is 0 Å². The summed E-state index contributed by atoms with van der Waals surface area (Å²) in [6, 6.07) is 8.04. The molecule has 3 aliphatic carbocycles. The number of rotatable bonds is 1. The Morgan fingerprint density at radius 2 is 2.00 bits per heavy atom. The highest BCUT2D eigenvalue weighted by Gasteiger charge is 2.51. The van der Waals surface area contributed by atoms with Crippen LogP contribution < -0.4 is 0 Å². The fraction of sp³-hybridized carbons (Fsp3) is 0.600. The Bertz CT molecular complexity index is 429. The van der Waals surface area contributed by atoms with E-state index < -0.39 is 5.60 Å². The lowest BCUT2D eigenvalue weighted by Crippen LogP contribution is -2.52. The number of aliphatic hydroxyl groups excluding tert-OH is 1. The average molecular weight is 232 g/mol. The first-order chi connectivity index (χ1) is 8.11. The van der Waals surface area contributed by atoms with Crippen LogP contribution >= 0.6 is 0 Å². The summed E-state index contributed by atoms with van der Waals surface area (Å²) in [7, 11) is 0. The third-order valence-corrected chi connectivity index (χ3v) is 4.75. The first-order valence-electron chi connectivity index (χ1n) is 6.58. The number of hydrogen-bond donors (Lipinski definition) is 2. The molecule has 0 aromatic heterocycles. The van der Waals surface area contributed by atoms with Gasteiger partial charge in [0, 0.05) is 5.92 Å². The summed E-state index contributed by atoms with van der Waals surface area (Å²) >= 11 is 0. The normalized spacial score (nSPS) is 40.5. The van der Waals surface area contributed by atoms with Crippen LogP contribution in [-0.4, -0.2) is 16.3 Å². The topological polar surface area (TPSA) is 40.5 Å². The van der Waals surface area contributed by atoms with E-state index in [0.29, 0.717) is 5.92 Å². The molecule has 92 valence electrons. The molecule has 1 aromatic rings. The summed E-state index contributed by atoms with van der Waals surface area (Å²) in [5, 5.41) is 21.2. The number of aryl methyl sites for hydroxylation is 1. The number of aliphatic hydroxyl groups is 2. The zero-order valence-electron chi connectivity index (χ0n) is 10.3. The van der Waals surface area contributed by atoms with Crippen molar-refractivity contribution in [2.75, 3.05) is 0 Å². The van der Waals surface area contributed by atoms with Gasteiger partial charge in [0.25, 0.3) is 0 Å². The number of fused-ring (bicyclic) bond motifs is 3. The maximum absolute atomic E-state index is 11.0. The molecule has 2 bridgehead atoms. The van der Waals surface area contributed by atoms with E-state index in [4.69, 9.17) is 0 Å². The van der Waals surface area contributed by atoms with E-state index in [1.54, 1.807) is 0 Å². The van der Waals surface area contributed by atoms with Crippen molar-refractivity contribution in [1.29, 1.82) is 0 Å². The van der Waals surface area contributed by atoms with Crippen molar-refractivity contribution in [1.82, 2.24) is 0 Å². The summed E-state index contributed by atoms with van der Waals surface area (Å²) in [4.78, 5) is 0. The zero-order valence-corrected chi connectivity index (χ0v) is 10.3. The predicted molar refractivity (Wildman–Crippen MR) is 66.5 cm³/mol. The van der Waals surface area contributed by atoms with Gasteiger partial charge in [-0.1, -0.05) is 24.3 Å². The molecular weight excluding hydrogens is 212 g/mol. The second-order valence-corrected chi connectivity index (χ2v) is 5.80. The van der Waals surface area contributed by atoms with Gasteiger partial charge in [0.2, 0.25) is 0 Å². The minimum atomic E-state index is -0.800. The second-order valence-electron chi connectivity index (χ2n) is 5.80. The molecule has 4 rings (SSSR count). The second kappa shape index (κ2) is 3.82. The number of hydrogen-bond acceptors (Lipinski definition) is 2. The van der Waals surface area contributed by atoms with Crippen molar-refractivity contribution < 1.29 is 10.2 Å². The highest BCUT2D eigenvalue weighted by Crippen LogP contribution is 2.52. The summed E-state index contributed by atoms with van der Waals surface area (Å²) in [6.07, 6.45) is 3.48. The van der Waals surface area contributed by atoms with Gasteiger partial charge in [-0.05, 0) is 49.7 Å². The fourth-order valence-electron chi connectivity index (χ4n) is 3.93. The summed E-state index contributed by atoms with van der Waals surface area (Å²) < 4.78 is 0. The molecule has 0 saturated heterocycles. The quantitative estimate of drug-likeness (QED) is 0.780. The lowest BCUT2D eigenvalue weighted by atomic mass is 9.58. The maximum atomic E-state index is 11.0. The standard InChI is InChI=1S/C15H20O2/c1-10-4-2-3-5-12(10)15(17)9-11-6-7-13(15)14(16)8-11/h2-5,11,13-14,16-17H,6-9H2,1H3/t11-,13+,14-,15-/m0/s1. The molecule has 3 aliphatic rings. The van der Waals surface area contributed by atoms with Crippen LogP contribution in [0.4, 0.5) is 0 Å². The van der Waals surface area contributed by atoms with Crippen molar-refractivity contribution in [2.45, 2.75) is 44.3 Å². The lowest BCUT2D eigenvalue weighted by molar-refractivity contribution is -0.157. The Labute approximate surface area is 102 Å². The summed E-state index contributed by atoms with van der Waals surface area (Å²) in [5.41, 5.74) is 1.36. The summed E-state index contributed by atoms with van der Waals surface area (Å²) in [6.45, 7) is 2.04. The van der Waals surface area contributed by atoms with Crippen molar-refractivity contribution in [3.8, 4) is 0 Å². The van der Waals surface area contributed by atoms with Gasteiger partial charge in [-0.25, -0.2) is 0 Å². The Hall–Kier alpha value is -0.860. The van der Waals surface area contributed by atoms with E-state index in [1.165, 1.54) is 0 Å². The molecule has 0 radical (unpaired) electrons. The van der Waals surface area contributed by atoms with Crippen molar-refractivity contribution in [2.24, 2.45) is 11.8 Å². The molecule has 4 atom stereocenters. The first kappa shape index (κ1) is 11.2. The smallest absolute Gasteiger partial charge is 0.0954 e. The first-order valence-corrected chi connectivity index (χ1v) is 6.58. The molecule has 1 aromatic carbocycles. The van der Waals surface area contributed by atoms with Crippen molar-refractivity contribution >= 4 is 0 Å². The Kier molecular flexibility index (Phi) is 2.53. The van der Waals surface area contributed by atoms with Crippen molar-refractivity contribution in [3.63, 3.8) is 0 Å². The third kappa shape index (κ3) is 1.62. The molecule has 2 N–H and O–H groups in total. The van der Waals surface area contributed by atoms with E-state index in [-0.39, 0.29) is 12.0 Å². The van der Waals surface area contributed by atoms with Gasteiger partial charge in [-0.2, -0.15) is 0 Å². The monoisotopic (exact) mass is 232 g/mol. The minimum absolute atomic E-state index is 0.0219. The molecule has 0 amide bonds. The zero-order chi connectivity index (χ0) is 12.0. The van der Waals surface area contributed by atoms with E-state index in [1.807, 2.05) is 31.2 Å². The summed E-state index contributed by atoms with van der Waals surface area (Å²) in [5.74, 6) is 0.508. The SMILES string of the molecule is Cc1ccccc1[C@@]1(O)C[C@H]2CC[C@@H]1[C@@H](O)C2. The maximum Gasteiger partial charge on any atom is 0.0954 e. The molecule has 3 saturated carbocycles. The predicted octanol–water partition coefficient (Wildman–Crippen LogP) is 2.36. The Morgan fingerprint density at radius 1 is 1.24 bits per heavy atom. The van der Waals surface area contributed by atoms with Gasteiger partial charge >= 0.3 is 0 Å². The minimum Gasteiger partial charge on any atom is -0.393 e. The van der Waals surface area contributed by atoms with Gasteiger partial charge in [0.15, 0.2) is 0 Å². The molecule has 2 heteroatoms. The lowest BCUT2D eigenvalue weighted by Gasteiger charge is -2.51. The van der Waals surface area contributed by atoms with Crippen LogP contribution in [0.25, 0.3) is 0 Å². The van der Waals surface area contributed by atoms with E-state index in [0.717, 1.165) is 36.8 Å². The molecular formula is C15H20O2. The molecule has 0 aliphatic heterocycles. The molecule has 17 heavy (non-hydrogen) atoms. The van der Waals surface area contributed by atoms with Crippen LogP contribution in [0.3, 0.4) is 0 Å². The Balaban J connectivity index is 2.04. The van der Waals surface area contributed by atoms with Gasteiger partial charge in [0.05, 0.1) is 11.7 Å². The van der Waals surface area contributed by atoms with E-state index >= 15 is 0 Å². The van der Waals surface area contributed by atoms with Gasteiger partial charge in [-0.3, -0.25) is 0 Å². The highest BCUT2D eigenvalue weighted by atomic mass is 16.3.